The molecule has 0 saturated carbocycles. The molecule has 0 saturated heterocycles. The molecule has 5 unspecified atom stereocenters. The second kappa shape index (κ2) is 13.7. The molecule has 1 aromatic carbocycles. The van der Waals surface area contributed by atoms with E-state index >= 15 is 0 Å². The number of unbranched alkanes of at least 4 members (excludes halogenated alkanes) is 1. The van der Waals surface area contributed by atoms with Gasteiger partial charge >= 0.3 is 0 Å². The van der Waals surface area contributed by atoms with Gasteiger partial charge in [0.25, 0.3) is 0 Å². The maximum Gasteiger partial charge on any atom is 0.0808 e. The highest BCUT2D eigenvalue weighted by atomic mass is 15.0. The third-order valence-electron chi connectivity index (χ3n) is 8.73. The van der Waals surface area contributed by atoms with Gasteiger partial charge in [0, 0.05) is 35.4 Å². The van der Waals surface area contributed by atoms with Crippen molar-refractivity contribution in [1.82, 2.24) is 5.32 Å². The van der Waals surface area contributed by atoms with E-state index in [0.717, 1.165) is 50.7 Å². The van der Waals surface area contributed by atoms with E-state index in [-0.39, 0.29) is 23.9 Å². The molecule has 0 bridgehead atoms. The quantitative estimate of drug-likeness (QED) is 0.221. The Morgan fingerprint density at radius 3 is 2.74 bits per heavy atom. The molecule has 3 nitrogen and oxygen atoms in total. The summed E-state index contributed by atoms with van der Waals surface area (Å²) in [5.41, 5.74) is 7.54. The largest absolute Gasteiger partial charge is 0.376 e. The van der Waals surface area contributed by atoms with Crippen LogP contribution in [0.4, 0.5) is 0 Å². The number of fused-ring (bicyclic) bond motifs is 1. The lowest BCUT2D eigenvalue weighted by molar-refractivity contribution is 0.391. The van der Waals surface area contributed by atoms with Crippen LogP contribution in [-0.4, -0.2) is 24.0 Å². The Kier molecular flexibility index (Phi) is 10.1. The first-order valence-corrected chi connectivity index (χ1v) is 15.0. The van der Waals surface area contributed by atoms with Gasteiger partial charge in [-0.3, -0.25) is 4.99 Å². The molecule has 0 amide bonds. The van der Waals surface area contributed by atoms with E-state index < -0.39 is 0 Å². The van der Waals surface area contributed by atoms with Crippen molar-refractivity contribution < 1.29 is 0 Å². The molecule has 0 fully saturated rings. The summed E-state index contributed by atoms with van der Waals surface area (Å²) in [7, 11) is 0. The lowest BCUT2D eigenvalue weighted by Gasteiger charge is -2.40. The predicted octanol–water partition coefficient (Wildman–Crippen LogP) is 8.99. The minimum absolute atomic E-state index is 0.112. The van der Waals surface area contributed by atoms with Gasteiger partial charge in [0.2, 0.25) is 0 Å². The first-order chi connectivity index (χ1) is 19.0. The SMILES string of the molecule is C=CC(C1=C2C=CCCC2C(C2/C=C/CC/C=C(/c3cccc(C(C=N)CCCC)c3)N2)N=C1C)[C@@H](C)C=C. The van der Waals surface area contributed by atoms with Crippen LogP contribution in [0.1, 0.15) is 82.8 Å². The summed E-state index contributed by atoms with van der Waals surface area (Å²) in [5, 5.41) is 12.0. The van der Waals surface area contributed by atoms with Crippen molar-refractivity contribution in [3.05, 3.63) is 102 Å². The van der Waals surface area contributed by atoms with E-state index in [4.69, 9.17) is 10.4 Å². The molecule has 4 rings (SSSR count). The van der Waals surface area contributed by atoms with Gasteiger partial charge < -0.3 is 10.7 Å². The second-order valence-corrected chi connectivity index (χ2v) is 11.4. The van der Waals surface area contributed by atoms with Gasteiger partial charge in [-0.1, -0.05) is 87.4 Å². The summed E-state index contributed by atoms with van der Waals surface area (Å²) >= 11 is 0. The molecule has 0 aromatic heterocycles. The monoisotopic (exact) mass is 521 g/mol. The number of benzene rings is 1. The number of allylic oxidation sites excluding steroid dienone is 7. The number of nitrogens with zero attached hydrogens (tertiary/aromatic N) is 1. The van der Waals surface area contributed by atoms with Crippen LogP contribution in [0.25, 0.3) is 5.70 Å². The number of dihydropyridines is 1. The van der Waals surface area contributed by atoms with Gasteiger partial charge in [0.15, 0.2) is 0 Å². The highest BCUT2D eigenvalue weighted by Crippen LogP contribution is 2.41. The summed E-state index contributed by atoms with van der Waals surface area (Å²) in [4.78, 5) is 5.42. The van der Waals surface area contributed by atoms with Gasteiger partial charge in [0.05, 0.1) is 12.1 Å². The minimum atomic E-state index is 0.112. The molecular weight excluding hydrogens is 474 g/mol. The van der Waals surface area contributed by atoms with Crippen molar-refractivity contribution in [3.63, 3.8) is 0 Å². The van der Waals surface area contributed by atoms with Crippen molar-refractivity contribution >= 4 is 17.6 Å². The Balaban J connectivity index is 1.66. The summed E-state index contributed by atoms with van der Waals surface area (Å²) < 4.78 is 0. The molecule has 1 aliphatic carbocycles. The van der Waals surface area contributed by atoms with Crippen LogP contribution in [0.3, 0.4) is 0 Å². The van der Waals surface area contributed by atoms with Crippen molar-refractivity contribution in [1.29, 1.82) is 5.41 Å². The highest BCUT2D eigenvalue weighted by molar-refractivity contribution is 6.01. The third kappa shape index (κ3) is 6.52. The first-order valence-electron chi connectivity index (χ1n) is 15.0. The van der Waals surface area contributed by atoms with Gasteiger partial charge in [-0.25, -0.2) is 0 Å². The Hall–Kier alpha value is -3.20. The van der Waals surface area contributed by atoms with Gasteiger partial charge in [0.1, 0.15) is 0 Å². The van der Waals surface area contributed by atoms with Crippen molar-refractivity contribution in [3.8, 4) is 0 Å². The predicted molar refractivity (Wildman–Crippen MR) is 170 cm³/mol. The van der Waals surface area contributed by atoms with E-state index in [1.54, 1.807) is 6.21 Å². The van der Waals surface area contributed by atoms with E-state index in [1.807, 2.05) is 6.08 Å². The van der Waals surface area contributed by atoms with Crippen molar-refractivity contribution in [2.45, 2.75) is 83.7 Å². The van der Waals surface area contributed by atoms with Crippen LogP contribution < -0.4 is 5.32 Å². The summed E-state index contributed by atoms with van der Waals surface area (Å²) in [5.74, 6) is 1.09. The Morgan fingerprint density at radius 2 is 2.00 bits per heavy atom. The van der Waals surface area contributed by atoms with Crippen molar-refractivity contribution in [2.24, 2.45) is 22.7 Å². The molecule has 2 heterocycles. The fraction of sp³-hybridized carbons (Fsp3) is 0.444. The molecule has 3 heteroatoms. The Morgan fingerprint density at radius 1 is 1.15 bits per heavy atom. The molecule has 39 heavy (non-hydrogen) atoms. The molecule has 3 aliphatic rings. The maximum absolute atomic E-state index is 8.02. The standard InChI is InChI=1S/C36H47N3/c1-6-9-16-29(24-37)27-17-15-18-28(23-27)33-21-11-10-12-22-34(39-33)36-32-20-14-13-19-31(32)35(26(5)38-36)30(8-3)25(4)7-2/h7-8,12-13,15,17-19,21-25,29-30,32,34,36-37,39H,2-3,6,9-11,14,16,20H2,1,4-5H3/b22-12+,33-21-,37-24?/t25-,29?,30?,32?,34?,36?/m0/s1. The lowest BCUT2D eigenvalue weighted by atomic mass is 9.71. The lowest BCUT2D eigenvalue weighted by Crippen LogP contribution is -2.45. The van der Waals surface area contributed by atoms with Gasteiger partial charge in [-0.05, 0) is 73.3 Å². The molecule has 2 N–H and O–H groups in total. The zero-order valence-electron chi connectivity index (χ0n) is 24.2. The highest BCUT2D eigenvalue weighted by Gasteiger charge is 2.38. The van der Waals surface area contributed by atoms with E-state index in [9.17, 15) is 0 Å². The number of hydrogen-bond acceptors (Lipinski definition) is 3. The maximum atomic E-state index is 8.02. The van der Waals surface area contributed by atoms with Crippen LogP contribution in [0.2, 0.25) is 0 Å². The molecule has 6 atom stereocenters. The average molecular weight is 522 g/mol. The number of nitrogens with one attached hydrogen (secondary N) is 2. The summed E-state index contributed by atoms with van der Waals surface area (Å²) in [6.45, 7) is 14.9. The molecule has 1 aromatic rings. The topological polar surface area (TPSA) is 48.2 Å². The van der Waals surface area contributed by atoms with E-state index in [2.05, 4.69) is 100.0 Å². The van der Waals surface area contributed by atoms with Crippen molar-refractivity contribution in [2.75, 3.05) is 0 Å². The number of rotatable bonds is 11. The third-order valence-corrected chi connectivity index (χ3v) is 8.73. The van der Waals surface area contributed by atoms with E-state index in [1.165, 1.54) is 28.0 Å². The summed E-state index contributed by atoms with van der Waals surface area (Å²) in [6.07, 6.45) is 25.0. The van der Waals surface area contributed by atoms with Crippen LogP contribution in [0.15, 0.2) is 96.1 Å². The number of hydrogen-bond donors (Lipinski definition) is 2. The smallest absolute Gasteiger partial charge is 0.0808 e. The molecule has 0 radical (unpaired) electrons. The first kappa shape index (κ1) is 28.8. The second-order valence-electron chi connectivity index (χ2n) is 11.4. The molecule has 0 spiro atoms. The van der Waals surface area contributed by atoms with Gasteiger partial charge in [-0.2, -0.15) is 0 Å². The molecular formula is C36H47N3. The fourth-order valence-corrected chi connectivity index (χ4v) is 6.47. The zero-order chi connectivity index (χ0) is 27.8. The van der Waals surface area contributed by atoms with Crippen LogP contribution in [-0.2, 0) is 0 Å². The molecule has 2 aliphatic heterocycles. The summed E-state index contributed by atoms with van der Waals surface area (Å²) in [6, 6.07) is 9.08. The van der Waals surface area contributed by atoms with Crippen LogP contribution in [0.5, 0.6) is 0 Å². The number of aliphatic imine (C=N–C) groups is 1. The fourth-order valence-electron chi connectivity index (χ4n) is 6.47. The zero-order valence-corrected chi connectivity index (χ0v) is 24.2. The molecule has 206 valence electrons. The van der Waals surface area contributed by atoms with E-state index in [0.29, 0.717) is 11.8 Å². The Bertz CT molecular complexity index is 1190. The normalized spacial score (nSPS) is 27.3. The van der Waals surface area contributed by atoms with Crippen LogP contribution in [0, 0.1) is 23.2 Å². The van der Waals surface area contributed by atoms with Gasteiger partial charge in [-0.15, -0.1) is 13.2 Å². The Labute approximate surface area is 236 Å². The average Bonchev–Trinajstić information content (AvgIpc) is 2.95. The van der Waals surface area contributed by atoms with Crippen LogP contribution >= 0.6 is 0 Å². The minimum Gasteiger partial charge on any atom is -0.376 e.